The first-order valence-electron chi connectivity index (χ1n) is 14.4. The van der Waals surface area contributed by atoms with E-state index in [0.29, 0.717) is 29.6 Å². The molecule has 0 bridgehead atoms. The molecule has 0 radical (unpaired) electrons. The molecule has 35 heavy (non-hydrogen) atoms. The minimum atomic E-state index is -1.02. The third-order valence-corrected chi connectivity index (χ3v) is 13.0. The first-order chi connectivity index (χ1) is 16.3. The van der Waals surface area contributed by atoms with Gasteiger partial charge < -0.3 is 9.84 Å². The van der Waals surface area contributed by atoms with Crippen LogP contribution < -0.4 is 0 Å². The summed E-state index contributed by atoms with van der Waals surface area (Å²) in [4.78, 5) is 24.6. The normalized spacial score (nSPS) is 53.2. The van der Waals surface area contributed by atoms with Gasteiger partial charge in [-0.1, -0.05) is 46.3 Å². The number of esters is 1. The van der Waals surface area contributed by atoms with Crippen LogP contribution in [-0.4, -0.2) is 23.1 Å². The van der Waals surface area contributed by atoms with Crippen molar-refractivity contribution in [1.82, 2.24) is 0 Å². The van der Waals surface area contributed by atoms with Gasteiger partial charge in [0.05, 0.1) is 0 Å². The van der Waals surface area contributed by atoms with E-state index in [1.165, 1.54) is 32.6 Å². The largest absolute Gasteiger partial charge is 0.481 e. The Bertz CT molecular complexity index is 938. The van der Waals surface area contributed by atoms with Crippen molar-refractivity contribution >= 4 is 11.9 Å². The van der Waals surface area contributed by atoms with Crippen molar-refractivity contribution < 1.29 is 19.4 Å². The number of hydrogen-bond acceptors (Lipinski definition) is 3. The Morgan fingerprint density at radius 3 is 2.31 bits per heavy atom. The van der Waals surface area contributed by atoms with Gasteiger partial charge in [-0.2, -0.15) is 0 Å². The van der Waals surface area contributed by atoms with Crippen molar-refractivity contribution in [3.63, 3.8) is 0 Å². The van der Waals surface area contributed by atoms with Gasteiger partial charge in [0.2, 0.25) is 0 Å². The van der Waals surface area contributed by atoms with Gasteiger partial charge in [-0.3, -0.25) is 9.59 Å². The molecule has 0 aromatic rings. The molecule has 5 aliphatic carbocycles. The topological polar surface area (TPSA) is 63.6 Å². The van der Waals surface area contributed by atoms with Gasteiger partial charge in [-0.05, 0) is 116 Å². The molecule has 196 valence electrons. The number of ether oxygens (including phenoxy) is 1. The van der Waals surface area contributed by atoms with Crippen molar-refractivity contribution in [1.29, 1.82) is 0 Å². The molecule has 4 fully saturated rings. The molecule has 0 aromatic heterocycles. The van der Waals surface area contributed by atoms with Gasteiger partial charge in [0.15, 0.2) is 0 Å². The minimum Gasteiger partial charge on any atom is -0.481 e. The number of rotatable bonds is 2. The highest BCUT2D eigenvalue weighted by atomic mass is 16.5. The van der Waals surface area contributed by atoms with Crippen molar-refractivity contribution in [2.45, 2.75) is 112 Å². The molecule has 5 aliphatic rings. The molecule has 0 aromatic carbocycles. The second-order valence-corrected chi connectivity index (χ2v) is 14.4. The van der Waals surface area contributed by atoms with Crippen LogP contribution in [-0.2, 0) is 14.3 Å². The third-order valence-electron chi connectivity index (χ3n) is 13.0. The summed E-state index contributed by atoms with van der Waals surface area (Å²) in [7, 11) is 0. The summed E-state index contributed by atoms with van der Waals surface area (Å²) < 4.78 is 5.66. The Morgan fingerprint density at radius 2 is 1.66 bits per heavy atom. The van der Waals surface area contributed by atoms with Crippen LogP contribution >= 0.6 is 0 Å². The van der Waals surface area contributed by atoms with Crippen molar-refractivity contribution in [3.05, 3.63) is 11.6 Å². The van der Waals surface area contributed by atoms with Crippen LogP contribution in [0.25, 0.3) is 0 Å². The number of carboxylic acids is 1. The summed E-state index contributed by atoms with van der Waals surface area (Å²) >= 11 is 0. The maximum Gasteiger partial charge on any atom is 0.313 e. The highest BCUT2D eigenvalue weighted by Crippen LogP contribution is 2.71. The first kappa shape index (κ1) is 25.3. The lowest BCUT2D eigenvalue weighted by atomic mass is 9.37. The third kappa shape index (κ3) is 3.36. The van der Waals surface area contributed by atoms with Gasteiger partial charge >= 0.3 is 11.9 Å². The molecule has 11 atom stereocenters. The average Bonchev–Trinajstić information content (AvgIpc) is 2.78. The summed E-state index contributed by atoms with van der Waals surface area (Å²) in [5.74, 6) is 2.23. The molecule has 4 heteroatoms. The van der Waals surface area contributed by atoms with E-state index in [-0.39, 0.29) is 22.7 Å². The lowest BCUT2D eigenvalue weighted by molar-refractivity contribution is -0.207. The van der Waals surface area contributed by atoms with Crippen LogP contribution in [0.4, 0.5) is 0 Å². The smallest absolute Gasteiger partial charge is 0.313 e. The number of carbonyl (C=O) groups excluding carboxylic acids is 1. The van der Waals surface area contributed by atoms with Crippen LogP contribution in [0, 0.1) is 57.2 Å². The SMILES string of the molecule is CC(=O)OC1CCC2(C)C3CC=C4C5C(C)C(C)CCC5(C)CCC4(C)C3CCC2C1(C)C(=O)O. The van der Waals surface area contributed by atoms with E-state index in [1.54, 1.807) is 5.57 Å². The van der Waals surface area contributed by atoms with Gasteiger partial charge in [0.25, 0.3) is 0 Å². The number of hydrogen-bond donors (Lipinski definition) is 1. The summed E-state index contributed by atoms with van der Waals surface area (Å²) in [6.07, 6.45) is 12.2. The fraction of sp³-hybridized carbons (Fsp3) is 0.871. The fourth-order valence-electron chi connectivity index (χ4n) is 10.7. The summed E-state index contributed by atoms with van der Waals surface area (Å²) in [5, 5.41) is 10.5. The predicted octanol–water partition coefficient (Wildman–Crippen LogP) is 7.27. The van der Waals surface area contributed by atoms with Gasteiger partial charge in [-0.25, -0.2) is 0 Å². The van der Waals surface area contributed by atoms with E-state index in [0.717, 1.165) is 37.5 Å². The van der Waals surface area contributed by atoms with E-state index in [1.807, 2.05) is 6.92 Å². The quantitative estimate of drug-likeness (QED) is 0.331. The predicted molar refractivity (Wildman–Crippen MR) is 138 cm³/mol. The average molecular weight is 485 g/mol. The lowest BCUT2D eigenvalue weighted by Crippen LogP contribution is -2.63. The molecule has 0 saturated heterocycles. The van der Waals surface area contributed by atoms with Crippen molar-refractivity contribution in [2.75, 3.05) is 0 Å². The second-order valence-electron chi connectivity index (χ2n) is 14.4. The number of allylic oxidation sites excluding steroid dienone is 2. The van der Waals surface area contributed by atoms with Crippen molar-refractivity contribution in [2.24, 2.45) is 57.2 Å². The van der Waals surface area contributed by atoms with Gasteiger partial charge in [0.1, 0.15) is 11.5 Å². The van der Waals surface area contributed by atoms with E-state index >= 15 is 0 Å². The van der Waals surface area contributed by atoms with Crippen LogP contribution in [0.1, 0.15) is 106 Å². The standard InChI is InChI=1S/C31H48O4/c1-18-12-14-28(4)16-17-29(5)21-10-11-24-30(6,22(21)8-9-23(29)26(28)19(18)2)15-13-25(35-20(3)32)31(24,7)27(33)34/h9,18-19,21-22,24-26H,8,10-17H2,1-7H3,(H,33,34). The first-order valence-corrected chi connectivity index (χ1v) is 14.4. The zero-order valence-corrected chi connectivity index (χ0v) is 23.2. The fourth-order valence-corrected chi connectivity index (χ4v) is 10.7. The monoisotopic (exact) mass is 484 g/mol. The number of carboxylic acid groups (broad SMARTS) is 1. The highest BCUT2D eigenvalue weighted by molar-refractivity contribution is 5.77. The Balaban J connectivity index is 1.53. The summed E-state index contributed by atoms with van der Waals surface area (Å²) in [6, 6.07) is 0. The molecule has 0 heterocycles. The molecule has 0 spiro atoms. The van der Waals surface area contributed by atoms with E-state index in [9.17, 15) is 14.7 Å². The number of aliphatic carboxylic acids is 1. The second kappa shape index (κ2) is 8.09. The molecular weight excluding hydrogens is 436 g/mol. The number of fused-ring (bicyclic) bond motifs is 7. The van der Waals surface area contributed by atoms with Gasteiger partial charge in [0, 0.05) is 6.92 Å². The summed E-state index contributed by atoms with van der Waals surface area (Å²) in [5.41, 5.74) is 1.38. The van der Waals surface area contributed by atoms with Crippen LogP contribution in [0.3, 0.4) is 0 Å². The lowest BCUT2D eigenvalue weighted by Gasteiger charge is -2.67. The minimum absolute atomic E-state index is 0.0351. The molecule has 11 unspecified atom stereocenters. The van der Waals surface area contributed by atoms with E-state index in [4.69, 9.17) is 4.74 Å². The van der Waals surface area contributed by atoms with Crippen molar-refractivity contribution in [3.8, 4) is 0 Å². The van der Waals surface area contributed by atoms with Crippen LogP contribution in [0.15, 0.2) is 11.6 Å². The van der Waals surface area contributed by atoms with Gasteiger partial charge in [-0.15, -0.1) is 0 Å². The van der Waals surface area contributed by atoms with E-state index < -0.39 is 17.5 Å². The molecule has 0 amide bonds. The Morgan fingerprint density at radius 1 is 0.943 bits per heavy atom. The molecule has 5 rings (SSSR count). The van der Waals surface area contributed by atoms with E-state index in [2.05, 4.69) is 40.7 Å². The van der Waals surface area contributed by atoms with Crippen LogP contribution in [0.2, 0.25) is 0 Å². The zero-order valence-electron chi connectivity index (χ0n) is 23.2. The Hall–Kier alpha value is -1.32. The molecule has 4 saturated carbocycles. The molecule has 4 nitrogen and oxygen atoms in total. The molecular formula is C31H48O4. The maximum absolute atomic E-state index is 12.8. The Labute approximate surface area is 212 Å². The molecule has 1 N–H and O–H groups in total. The number of carbonyl (C=O) groups is 2. The summed E-state index contributed by atoms with van der Waals surface area (Å²) in [6.45, 7) is 15.8. The highest BCUT2D eigenvalue weighted by Gasteiger charge is 2.67. The molecule has 0 aliphatic heterocycles. The maximum atomic E-state index is 12.8. The zero-order chi connectivity index (χ0) is 25.6. The van der Waals surface area contributed by atoms with Crippen LogP contribution in [0.5, 0.6) is 0 Å². The Kier molecular flexibility index (Phi) is 5.85.